The number of fused-ring (bicyclic) bond motifs is 3. The third-order valence-corrected chi connectivity index (χ3v) is 6.66. The van der Waals surface area contributed by atoms with Gasteiger partial charge in [-0.2, -0.15) is 0 Å². The molecular formula is C27H22N4O4S. The van der Waals surface area contributed by atoms with Gasteiger partial charge in [-0.25, -0.2) is 14.8 Å². The van der Waals surface area contributed by atoms with Gasteiger partial charge in [-0.3, -0.25) is 14.2 Å². The lowest BCUT2D eigenvalue weighted by atomic mass is 10.0. The Morgan fingerprint density at radius 1 is 1.08 bits per heavy atom. The molecule has 0 fully saturated rings. The number of hydrogen-bond donors (Lipinski definition) is 1. The Balaban J connectivity index is 1.47. The number of esters is 1. The number of benzene rings is 2. The van der Waals surface area contributed by atoms with Crippen molar-refractivity contribution in [2.45, 2.75) is 20.4 Å². The summed E-state index contributed by atoms with van der Waals surface area (Å²) in [6.07, 6.45) is 1.39. The van der Waals surface area contributed by atoms with Gasteiger partial charge in [0.05, 0.1) is 24.0 Å². The third kappa shape index (κ3) is 4.48. The Labute approximate surface area is 210 Å². The van der Waals surface area contributed by atoms with Gasteiger partial charge in [-0.05, 0) is 49.2 Å². The Hall–Kier alpha value is -4.37. The van der Waals surface area contributed by atoms with E-state index in [1.807, 2.05) is 43.3 Å². The number of aryl methyl sites for hydroxylation is 1. The first-order chi connectivity index (χ1) is 17.4. The molecular weight excluding hydrogens is 476 g/mol. The van der Waals surface area contributed by atoms with Crippen LogP contribution in [0.2, 0.25) is 0 Å². The highest BCUT2D eigenvalue weighted by molar-refractivity contribution is 7.25. The first-order valence-corrected chi connectivity index (χ1v) is 12.2. The molecule has 8 nitrogen and oxygen atoms in total. The fourth-order valence-corrected chi connectivity index (χ4v) is 5.18. The van der Waals surface area contributed by atoms with Crippen molar-refractivity contribution in [3.8, 4) is 11.1 Å². The number of nitrogens with one attached hydrogen (secondary N) is 1. The summed E-state index contributed by atoms with van der Waals surface area (Å²) in [4.78, 5) is 47.9. The monoisotopic (exact) mass is 498 g/mol. The third-order valence-electron chi connectivity index (χ3n) is 5.60. The highest BCUT2D eigenvalue weighted by atomic mass is 32.1. The largest absolute Gasteiger partial charge is 0.462 e. The number of anilines is 1. The standard InChI is InChI=1S/C27H22N4O4S/c1-3-35-27(34)18-10-7-11-19(13-18)30-21(32)14-31-15-28-23-22-20(17-8-5-4-6-9-17)12-16(2)29-25(22)36-24(23)26(31)33/h4-13,15H,3,14H2,1-2H3,(H,30,32). The van der Waals surface area contributed by atoms with E-state index in [0.717, 1.165) is 27.0 Å². The predicted octanol–water partition coefficient (Wildman–Crippen LogP) is 4.80. The molecule has 0 aliphatic carbocycles. The maximum Gasteiger partial charge on any atom is 0.338 e. The van der Waals surface area contributed by atoms with Gasteiger partial charge in [0.2, 0.25) is 5.91 Å². The molecule has 2 aromatic carbocycles. The minimum absolute atomic E-state index is 0.225. The molecule has 0 saturated carbocycles. The average molecular weight is 499 g/mol. The van der Waals surface area contributed by atoms with Gasteiger partial charge in [0, 0.05) is 16.8 Å². The maximum absolute atomic E-state index is 13.3. The molecule has 0 unspecified atom stereocenters. The van der Waals surface area contributed by atoms with E-state index in [-0.39, 0.29) is 18.7 Å². The molecule has 0 bridgehead atoms. The Bertz CT molecular complexity index is 1670. The topological polar surface area (TPSA) is 103 Å². The van der Waals surface area contributed by atoms with Crippen molar-refractivity contribution >= 4 is 49.3 Å². The molecule has 5 aromatic rings. The number of hydrogen-bond acceptors (Lipinski definition) is 7. The summed E-state index contributed by atoms with van der Waals surface area (Å²) in [5.74, 6) is -0.887. The Kier molecular flexibility index (Phi) is 6.30. The normalized spacial score (nSPS) is 11.1. The smallest absolute Gasteiger partial charge is 0.338 e. The zero-order valence-electron chi connectivity index (χ0n) is 19.6. The van der Waals surface area contributed by atoms with Crippen molar-refractivity contribution in [3.63, 3.8) is 0 Å². The van der Waals surface area contributed by atoms with E-state index >= 15 is 0 Å². The highest BCUT2D eigenvalue weighted by Gasteiger charge is 2.18. The van der Waals surface area contributed by atoms with E-state index in [1.165, 1.54) is 28.3 Å². The molecule has 5 rings (SSSR count). The van der Waals surface area contributed by atoms with Crippen LogP contribution in [0.1, 0.15) is 23.0 Å². The molecule has 0 saturated heterocycles. The van der Waals surface area contributed by atoms with E-state index in [1.54, 1.807) is 25.1 Å². The van der Waals surface area contributed by atoms with Gasteiger partial charge < -0.3 is 10.1 Å². The molecule has 0 spiro atoms. The number of amides is 1. The highest BCUT2D eigenvalue weighted by Crippen LogP contribution is 2.37. The lowest BCUT2D eigenvalue weighted by Gasteiger charge is -2.09. The van der Waals surface area contributed by atoms with Gasteiger partial charge in [-0.1, -0.05) is 36.4 Å². The quantitative estimate of drug-likeness (QED) is 0.338. The molecule has 1 N–H and O–H groups in total. The first-order valence-electron chi connectivity index (χ1n) is 11.4. The van der Waals surface area contributed by atoms with Crippen LogP contribution in [0.4, 0.5) is 5.69 Å². The van der Waals surface area contributed by atoms with Crippen LogP contribution < -0.4 is 10.9 Å². The average Bonchev–Trinajstić information content (AvgIpc) is 3.25. The van der Waals surface area contributed by atoms with Crippen LogP contribution in [0.3, 0.4) is 0 Å². The molecule has 0 aliphatic rings. The molecule has 1 amide bonds. The summed E-state index contributed by atoms with van der Waals surface area (Å²) in [6, 6.07) is 18.4. The van der Waals surface area contributed by atoms with Gasteiger partial charge in [0.1, 0.15) is 16.1 Å². The lowest BCUT2D eigenvalue weighted by molar-refractivity contribution is -0.116. The summed E-state index contributed by atoms with van der Waals surface area (Å²) < 4.78 is 6.72. The molecule has 36 heavy (non-hydrogen) atoms. The fraction of sp³-hybridized carbons (Fsp3) is 0.148. The van der Waals surface area contributed by atoms with Gasteiger partial charge in [0.15, 0.2) is 0 Å². The number of pyridine rings is 1. The van der Waals surface area contributed by atoms with Crippen LogP contribution in [-0.2, 0) is 16.1 Å². The van der Waals surface area contributed by atoms with Gasteiger partial charge >= 0.3 is 5.97 Å². The molecule has 0 aliphatic heterocycles. The number of aromatic nitrogens is 3. The predicted molar refractivity (Wildman–Crippen MR) is 140 cm³/mol. The minimum atomic E-state index is -0.469. The Morgan fingerprint density at radius 3 is 2.67 bits per heavy atom. The number of carbonyl (C=O) groups excluding carboxylic acids is 2. The van der Waals surface area contributed by atoms with Crippen molar-refractivity contribution in [1.29, 1.82) is 0 Å². The SMILES string of the molecule is CCOC(=O)c1cccc(NC(=O)Cn2cnc3c(sc4nc(C)cc(-c5ccccc5)c43)c2=O)c1. The second-order valence-corrected chi connectivity index (χ2v) is 9.16. The van der Waals surface area contributed by atoms with Crippen molar-refractivity contribution in [3.05, 3.63) is 88.6 Å². The van der Waals surface area contributed by atoms with E-state index in [0.29, 0.717) is 21.5 Å². The number of thiophene rings is 1. The van der Waals surface area contributed by atoms with Crippen molar-refractivity contribution in [1.82, 2.24) is 14.5 Å². The minimum Gasteiger partial charge on any atom is -0.462 e. The molecule has 3 heterocycles. The molecule has 0 radical (unpaired) electrons. The zero-order valence-corrected chi connectivity index (χ0v) is 20.5. The van der Waals surface area contributed by atoms with Gasteiger partial charge in [0.25, 0.3) is 5.56 Å². The van der Waals surface area contributed by atoms with Crippen molar-refractivity contribution in [2.24, 2.45) is 0 Å². The van der Waals surface area contributed by atoms with Gasteiger partial charge in [-0.15, -0.1) is 11.3 Å². The summed E-state index contributed by atoms with van der Waals surface area (Å²) in [7, 11) is 0. The van der Waals surface area contributed by atoms with Crippen LogP contribution in [0.5, 0.6) is 0 Å². The van der Waals surface area contributed by atoms with Crippen molar-refractivity contribution < 1.29 is 14.3 Å². The fourth-order valence-electron chi connectivity index (χ4n) is 4.04. The van der Waals surface area contributed by atoms with Crippen LogP contribution in [-0.4, -0.2) is 33.0 Å². The maximum atomic E-state index is 13.3. The summed E-state index contributed by atoms with van der Waals surface area (Å²) in [6.45, 7) is 3.68. The lowest BCUT2D eigenvalue weighted by Crippen LogP contribution is -2.27. The summed E-state index contributed by atoms with van der Waals surface area (Å²) in [5, 5.41) is 3.55. The summed E-state index contributed by atoms with van der Waals surface area (Å²) >= 11 is 1.28. The molecule has 3 aromatic heterocycles. The number of carbonyl (C=O) groups is 2. The van der Waals surface area contributed by atoms with E-state index in [4.69, 9.17) is 4.74 Å². The molecule has 9 heteroatoms. The second-order valence-electron chi connectivity index (χ2n) is 8.16. The summed E-state index contributed by atoms with van der Waals surface area (Å²) in [5.41, 5.74) is 3.85. The number of nitrogens with zero attached hydrogens (tertiary/aromatic N) is 3. The second kappa shape index (κ2) is 9.71. The van der Waals surface area contributed by atoms with E-state index in [9.17, 15) is 14.4 Å². The zero-order chi connectivity index (χ0) is 25.2. The van der Waals surface area contributed by atoms with E-state index in [2.05, 4.69) is 15.3 Å². The van der Waals surface area contributed by atoms with Crippen molar-refractivity contribution in [2.75, 3.05) is 11.9 Å². The first kappa shape index (κ1) is 23.4. The number of ether oxygens (including phenoxy) is 1. The number of rotatable bonds is 6. The van der Waals surface area contributed by atoms with Crippen LogP contribution in [0.25, 0.3) is 31.6 Å². The van der Waals surface area contributed by atoms with Crippen LogP contribution >= 0.6 is 11.3 Å². The van der Waals surface area contributed by atoms with E-state index < -0.39 is 11.9 Å². The molecule has 180 valence electrons. The van der Waals surface area contributed by atoms with Crippen LogP contribution in [0, 0.1) is 6.92 Å². The molecule has 0 atom stereocenters. The Morgan fingerprint density at radius 2 is 1.89 bits per heavy atom. The van der Waals surface area contributed by atoms with Crippen LogP contribution in [0.15, 0.2) is 71.8 Å².